The molecule has 2 rings (SSSR count). The Morgan fingerprint density at radius 3 is 2.75 bits per heavy atom. The maximum Gasteiger partial charge on any atom is 0.124 e. The molecule has 0 saturated carbocycles. The summed E-state index contributed by atoms with van der Waals surface area (Å²) in [6, 6.07) is 14.3. The molecule has 0 unspecified atom stereocenters. The van der Waals surface area contributed by atoms with Crippen molar-refractivity contribution in [3.63, 3.8) is 0 Å². The lowest BCUT2D eigenvalue weighted by Gasteiger charge is -2.12. The molecule has 20 heavy (non-hydrogen) atoms. The molecule has 0 heterocycles. The minimum absolute atomic E-state index is 0.160. The Bertz CT molecular complexity index is 596. The van der Waals surface area contributed by atoms with Crippen LogP contribution in [0.4, 0.5) is 5.69 Å². The van der Waals surface area contributed by atoms with Crippen LogP contribution >= 0.6 is 0 Å². The highest BCUT2D eigenvalue weighted by atomic mass is 16.5. The zero-order chi connectivity index (χ0) is 14.4. The summed E-state index contributed by atoms with van der Waals surface area (Å²) in [6.07, 6.45) is 0. The first-order valence-corrected chi connectivity index (χ1v) is 6.46. The molecule has 2 aromatic carbocycles. The number of nitrogens with one attached hydrogen (secondary N) is 1. The summed E-state index contributed by atoms with van der Waals surface area (Å²) >= 11 is 0. The Morgan fingerprint density at radius 1 is 1.20 bits per heavy atom. The van der Waals surface area contributed by atoms with Crippen LogP contribution in [-0.4, -0.2) is 12.6 Å². The largest absolute Gasteiger partial charge is 0.545 e. The van der Waals surface area contributed by atoms with Gasteiger partial charge in [0.1, 0.15) is 5.75 Å². The Morgan fingerprint density at radius 2 is 2.00 bits per heavy atom. The van der Waals surface area contributed by atoms with Crippen LogP contribution in [0.15, 0.2) is 48.5 Å². The summed E-state index contributed by atoms with van der Waals surface area (Å²) in [5, 5.41) is 14.0. The van der Waals surface area contributed by atoms with Gasteiger partial charge in [0.25, 0.3) is 0 Å². The summed E-state index contributed by atoms with van der Waals surface area (Å²) in [4.78, 5) is 10.8. The topological polar surface area (TPSA) is 61.4 Å². The van der Waals surface area contributed by atoms with Crippen molar-refractivity contribution in [2.45, 2.75) is 13.5 Å². The van der Waals surface area contributed by atoms with Crippen molar-refractivity contribution in [1.29, 1.82) is 0 Å². The minimum Gasteiger partial charge on any atom is -0.545 e. The molecule has 0 amide bonds. The Labute approximate surface area is 118 Å². The van der Waals surface area contributed by atoms with Gasteiger partial charge in [-0.2, -0.15) is 0 Å². The van der Waals surface area contributed by atoms with Crippen LogP contribution in [-0.2, 0) is 6.54 Å². The van der Waals surface area contributed by atoms with Crippen molar-refractivity contribution in [2.75, 3.05) is 11.9 Å². The third kappa shape index (κ3) is 3.51. The Hall–Kier alpha value is -2.49. The van der Waals surface area contributed by atoms with Gasteiger partial charge in [0.15, 0.2) is 0 Å². The average Bonchev–Trinajstić information content (AvgIpc) is 2.47. The lowest BCUT2D eigenvalue weighted by molar-refractivity contribution is -0.255. The molecule has 0 fully saturated rings. The van der Waals surface area contributed by atoms with Gasteiger partial charge in [-0.3, -0.25) is 0 Å². The SMILES string of the molecule is CCOc1ccccc1CNc1cccc(C(=O)[O-])c1. The lowest BCUT2D eigenvalue weighted by Crippen LogP contribution is -2.22. The van der Waals surface area contributed by atoms with Crippen molar-refractivity contribution >= 4 is 11.7 Å². The van der Waals surface area contributed by atoms with Gasteiger partial charge in [0.2, 0.25) is 0 Å². The number of carboxylic acid groups (broad SMARTS) is 1. The van der Waals surface area contributed by atoms with Crippen molar-refractivity contribution in [2.24, 2.45) is 0 Å². The van der Waals surface area contributed by atoms with Crippen LogP contribution < -0.4 is 15.2 Å². The quantitative estimate of drug-likeness (QED) is 0.872. The van der Waals surface area contributed by atoms with Gasteiger partial charge in [0, 0.05) is 17.8 Å². The van der Waals surface area contributed by atoms with Crippen LogP contribution in [0.1, 0.15) is 22.8 Å². The molecule has 0 aromatic heterocycles. The predicted molar refractivity (Wildman–Crippen MR) is 75.7 cm³/mol. The molecular formula is C16H16NO3-. The summed E-state index contributed by atoms with van der Waals surface area (Å²) in [5.74, 6) is -0.345. The highest BCUT2D eigenvalue weighted by Crippen LogP contribution is 2.20. The van der Waals surface area contributed by atoms with E-state index in [0.29, 0.717) is 13.2 Å². The van der Waals surface area contributed by atoms with E-state index in [-0.39, 0.29) is 5.56 Å². The zero-order valence-corrected chi connectivity index (χ0v) is 11.3. The standard InChI is InChI=1S/C16H17NO3/c1-2-20-15-9-4-3-6-13(15)11-17-14-8-5-7-12(10-14)16(18)19/h3-10,17H,2,11H2,1H3,(H,18,19)/p-1. The van der Waals surface area contributed by atoms with Gasteiger partial charge < -0.3 is 20.0 Å². The van der Waals surface area contributed by atoms with E-state index < -0.39 is 5.97 Å². The molecule has 0 atom stereocenters. The molecule has 0 saturated heterocycles. The number of carboxylic acids is 1. The number of anilines is 1. The molecule has 0 bridgehead atoms. The van der Waals surface area contributed by atoms with Crippen LogP contribution in [0, 0.1) is 0 Å². The van der Waals surface area contributed by atoms with Gasteiger partial charge in [0.05, 0.1) is 12.6 Å². The monoisotopic (exact) mass is 270 g/mol. The second-order valence-corrected chi connectivity index (χ2v) is 4.26. The van der Waals surface area contributed by atoms with E-state index in [9.17, 15) is 9.90 Å². The number of rotatable bonds is 6. The molecule has 4 heteroatoms. The van der Waals surface area contributed by atoms with Gasteiger partial charge in [-0.15, -0.1) is 0 Å². The smallest absolute Gasteiger partial charge is 0.124 e. The molecule has 0 radical (unpaired) electrons. The lowest BCUT2D eigenvalue weighted by atomic mass is 10.1. The van der Waals surface area contributed by atoms with Crippen molar-refractivity contribution in [3.8, 4) is 5.75 Å². The predicted octanol–water partition coefficient (Wildman–Crippen LogP) is 2.06. The van der Waals surface area contributed by atoms with Crippen LogP contribution in [0.2, 0.25) is 0 Å². The first-order chi connectivity index (χ1) is 9.70. The number of carbonyl (C=O) groups is 1. The van der Waals surface area contributed by atoms with Crippen molar-refractivity contribution < 1.29 is 14.6 Å². The number of hydrogen-bond donors (Lipinski definition) is 1. The molecule has 4 nitrogen and oxygen atoms in total. The van der Waals surface area contributed by atoms with E-state index in [0.717, 1.165) is 17.0 Å². The highest BCUT2D eigenvalue weighted by Gasteiger charge is 2.02. The van der Waals surface area contributed by atoms with Gasteiger partial charge in [-0.05, 0) is 30.7 Å². The number of hydrogen-bond acceptors (Lipinski definition) is 4. The first kappa shape index (κ1) is 13.9. The normalized spacial score (nSPS) is 10.1. The fourth-order valence-corrected chi connectivity index (χ4v) is 1.90. The number of para-hydroxylation sites is 1. The molecule has 0 aliphatic heterocycles. The average molecular weight is 270 g/mol. The van der Waals surface area contributed by atoms with Crippen LogP contribution in [0.25, 0.3) is 0 Å². The molecular weight excluding hydrogens is 254 g/mol. The molecule has 0 spiro atoms. The number of ether oxygens (including phenoxy) is 1. The van der Waals surface area contributed by atoms with Crippen LogP contribution in [0.3, 0.4) is 0 Å². The van der Waals surface area contributed by atoms with E-state index in [2.05, 4.69) is 5.32 Å². The maximum atomic E-state index is 10.8. The van der Waals surface area contributed by atoms with Crippen molar-refractivity contribution in [3.05, 3.63) is 59.7 Å². The molecule has 0 aliphatic carbocycles. The fourth-order valence-electron chi connectivity index (χ4n) is 1.90. The van der Waals surface area contributed by atoms with Gasteiger partial charge in [-0.1, -0.05) is 30.3 Å². The molecule has 2 aromatic rings. The maximum absolute atomic E-state index is 10.8. The third-order valence-corrected chi connectivity index (χ3v) is 2.85. The Kier molecular flexibility index (Phi) is 4.60. The fraction of sp³-hybridized carbons (Fsp3) is 0.188. The second kappa shape index (κ2) is 6.61. The Balaban J connectivity index is 2.09. The summed E-state index contributed by atoms with van der Waals surface area (Å²) in [7, 11) is 0. The van der Waals surface area contributed by atoms with E-state index in [1.165, 1.54) is 6.07 Å². The van der Waals surface area contributed by atoms with Gasteiger partial charge >= 0.3 is 0 Å². The third-order valence-electron chi connectivity index (χ3n) is 2.85. The second-order valence-electron chi connectivity index (χ2n) is 4.26. The number of aromatic carboxylic acids is 1. The summed E-state index contributed by atoms with van der Waals surface area (Å²) in [5.41, 5.74) is 1.92. The zero-order valence-electron chi connectivity index (χ0n) is 11.3. The number of carbonyl (C=O) groups excluding carboxylic acids is 1. The number of benzene rings is 2. The minimum atomic E-state index is -1.18. The summed E-state index contributed by atoms with van der Waals surface area (Å²) < 4.78 is 5.54. The van der Waals surface area contributed by atoms with E-state index in [1.54, 1.807) is 12.1 Å². The molecule has 1 N–H and O–H groups in total. The van der Waals surface area contributed by atoms with E-state index in [1.807, 2.05) is 37.3 Å². The highest BCUT2D eigenvalue weighted by molar-refractivity contribution is 5.87. The van der Waals surface area contributed by atoms with Gasteiger partial charge in [-0.25, -0.2) is 0 Å². The summed E-state index contributed by atoms with van der Waals surface area (Å²) in [6.45, 7) is 3.11. The first-order valence-electron chi connectivity index (χ1n) is 6.46. The van der Waals surface area contributed by atoms with E-state index >= 15 is 0 Å². The molecule has 0 aliphatic rings. The van der Waals surface area contributed by atoms with Crippen molar-refractivity contribution in [1.82, 2.24) is 0 Å². The molecule has 104 valence electrons. The van der Waals surface area contributed by atoms with E-state index in [4.69, 9.17) is 4.74 Å². The van der Waals surface area contributed by atoms with Crippen LogP contribution in [0.5, 0.6) is 5.75 Å².